The zero-order chi connectivity index (χ0) is 18.1. The summed E-state index contributed by atoms with van der Waals surface area (Å²) in [5, 5.41) is 2.80. The van der Waals surface area contributed by atoms with E-state index in [9.17, 15) is 9.59 Å². The number of aromatic nitrogens is 2. The molecule has 1 amide bonds. The van der Waals surface area contributed by atoms with E-state index in [4.69, 9.17) is 9.15 Å². The summed E-state index contributed by atoms with van der Waals surface area (Å²) in [6.45, 7) is 0.614. The van der Waals surface area contributed by atoms with Crippen LogP contribution in [0.25, 0.3) is 22.6 Å². The van der Waals surface area contributed by atoms with E-state index in [0.29, 0.717) is 34.8 Å². The smallest absolute Gasteiger partial charge is 0.356 e. The van der Waals surface area contributed by atoms with Gasteiger partial charge in [0.1, 0.15) is 17.3 Å². The number of carbonyl (C=O) groups excluding carboxylic acids is 2. The van der Waals surface area contributed by atoms with Gasteiger partial charge in [-0.25, -0.2) is 14.8 Å². The van der Waals surface area contributed by atoms with E-state index in [0.717, 1.165) is 6.42 Å². The Morgan fingerprint density at radius 1 is 1.27 bits per heavy atom. The molecule has 2 aromatic heterocycles. The first-order valence-corrected chi connectivity index (χ1v) is 8.02. The highest BCUT2D eigenvalue weighted by Crippen LogP contribution is 2.27. The molecule has 0 bridgehead atoms. The van der Waals surface area contributed by atoms with E-state index in [-0.39, 0.29) is 17.7 Å². The minimum atomic E-state index is -0.536. The van der Waals surface area contributed by atoms with Crippen LogP contribution < -0.4 is 5.32 Å². The van der Waals surface area contributed by atoms with Crippen LogP contribution >= 0.6 is 0 Å². The lowest BCUT2D eigenvalue weighted by Crippen LogP contribution is -2.38. The number of esters is 1. The maximum atomic E-state index is 12.0. The molecule has 8 heteroatoms. The van der Waals surface area contributed by atoms with E-state index in [1.807, 2.05) is 0 Å². The molecule has 1 saturated heterocycles. The predicted octanol–water partition coefficient (Wildman–Crippen LogP) is 2.40. The molecule has 0 radical (unpaired) electrons. The van der Waals surface area contributed by atoms with Crippen molar-refractivity contribution in [2.24, 2.45) is 0 Å². The fourth-order valence-corrected chi connectivity index (χ4v) is 2.57. The highest BCUT2D eigenvalue weighted by atomic mass is 16.5. The number of ether oxygens (including phenoxy) is 2. The lowest BCUT2D eigenvalue weighted by Gasteiger charge is -2.24. The molecule has 1 unspecified atom stereocenters. The number of nitrogens with one attached hydrogen (secondary N) is 1. The highest BCUT2D eigenvalue weighted by molar-refractivity contribution is 5.96. The fourth-order valence-electron chi connectivity index (χ4n) is 2.57. The summed E-state index contributed by atoms with van der Waals surface area (Å²) in [7, 11) is 1.29. The zero-order valence-corrected chi connectivity index (χ0v) is 13.9. The Balaban J connectivity index is 1.61. The second-order valence-corrected chi connectivity index (χ2v) is 5.76. The summed E-state index contributed by atoms with van der Waals surface area (Å²) >= 11 is 0. The van der Waals surface area contributed by atoms with E-state index in [1.165, 1.54) is 13.3 Å². The van der Waals surface area contributed by atoms with Gasteiger partial charge < -0.3 is 19.2 Å². The SMILES string of the molecule is COC(=O)c1cc(-c2nc3cc(NC(=O)C4CCO4)ccc3o2)ccn1. The van der Waals surface area contributed by atoms with Gasteiger partial charge in [-0.3, -0.25) is 4.79 Å². The molecule has 0 aliphatic carbocycles. The first-order valence-electron chi connectivity index (χ1n) is 8.02. The third kappa shape index (κ3) is 3.02. The fraction of sp³-hybridized carbons (Fsp3) is 0.222. The predicted molar refractivity (Wildman–Crippen MR) is 91.6 cm³/mol. The van der Waals surface area contributed by atoms with E-state index in [2.05, 4.69) is 20.0 Å². The van der Waals surface area contributed by atoms with Crippen LogP contribution in [-0.2, 0) is 14.3 Å². The molecule has 26 heavy (non-hydrogen) atoms. The van der Waals surface area contributed by atoms with Crippen molar-refractivity contribution in [3.63, 3.8) is 0 Å². The van der Waals surface area contributed by atoms with Gasteiger partial charge in [-0.1, -0.05) is 0 Å². The van der Waals surface area contributed by atoms with Gasteiger partial charge >= 0.3 is 5.97 Å². The number of amides is 1. The van der Waals surface area contributed by atoms with Gasteiger partial charge in [-0.15, -0.1) is 0 Å². The highest BCUT2D eigenvalue weighted by Gasteiger charge is 2.26. The molecule has 132 valence electrons. The molecule has 3 aromatic rings. The summed E-state index contributed by atoms with van der Waals surface area (Å²) in [6, 6.07) is 8.42. The van der Waals surface area contributed by atoms with Crippen molar-refractivity contribution >= 4 is 28.7 Å². The van der Waals surface area contributed by atoms with Gasteiger partial charge in [-0.05, 0) is 30.3 Å². The number of oxazole rings is 1. The molecule has 4 rings (SSSR count). The normalized spacial score (nSPS) is 16.1. The molecule has 1 aliphatic rings. The second kappa shape index (κ2) is 6.57. The van der Waals surface area contributed by atoms with Crippen molar-refractivity contribution in [2.75, 3.05) is 19.0 Å². The minimum Gasteiger partial charge on any atom is -0.464 e. The summed E-state index contributed by atoms with van der Waals surface area (Å²) < 4.78 is 15.6. The largest absolute Gasteiger partial charge is 0.464 e. The monoisotopic (exact) mass is 353 g/mol. The average Bonchev–Trinajstić information content (AvgIpc) is 3.03. The van der Waals surface area contributed by atoms with E-state index >= 15 is 0 Å². The van der Waals surface area contributed by atoms with Crippen LogP contribution in [0.5, 0.6) is 0 Å². The third-order valence-electron chi connectivity index (χ3n) is 4.05. The van der Waals surface area contributed by atoms with Crippen LogP contribution in [0.4, 0.5) is 5.69 Å². The van der Waals surface area contributed by atoms with E-state index in [1.54, 1.807) is 30.3 Å². The number of benzene rings is 1. The maximum absolute atomic E-state index is 12.0. The molecule has 1 fully saturated rings. The Labute approximate surface area is 148 Å². The van der Waals surface area contributed by atoms with Crippen molar-refractivity contribution in [3.05, 3.63) is 42.2 Å². The number of carbonyl (C=O) groups is 2. The molecule has 1 N–H and O–H groups in total. The van der Waals surface area contributed by atoms with Crippen LogP contribution in [0.3, 0.4) is 0 Å². The lowest BCUT2D eigenvalue weighted by molar-refractivity contribution is -0.139. The number of fused-ring (bicyclic) bond motifs is 1. The van der Waals surface area contributed by atoms with Crippen LogP contribution in [0, 0.1) is 0 Å². The first kappa shape index (κ1) is 16.2. The molecule has 3 heterocycles. The number of methoxy groups -OCH3 is 1. The maximum Gasteiger partial charge on any atom is 0.356 e. The van der Waals surface area contributed by atoms with Crippen LogP contribution in [0.1, 0.15) is 16.9 Å². The van der Waals surface area contributed by atoms with Gasteiger partial charge in [0, 0.05) is 23.9 Å². The molecular formula is C18H15N3O5. The van der Waals surface area contributed by atoms with Crippen molar-refractivity contribution in [3.8, 4) is 11.5 Å². The second-order valence-electron chi connectivity index (χ2n) is 5.76. The molecule has 1 aromatic carbocycles. The van der Waals surface area contributed by atoms with Crippen LogP contribution in [0.2, 0.25) is 0 Å². The van der Waals surface area contributed by atoms with Gasteiger partial charge in [0.2, 0.25) is 5.89 Å². The van der Waals surface area contributed by atoms with Crippen molar-refractivity contribution in [2.45, 2.75) is 12.5 Å². The molecule has 1 atom stereocenters. The number of hydrogen-bond acceptors (Lipinski definition) is 7. The molecule has 8 nitrogen and oxygen atoms in total. The van der Waals surface area contributed by atoms with Crippen molar-refractivity contribution < 1.29 is 23.5 Å². The summed E-state index contributed by atoms with van der Waals surface area (Å²) in [5.74, 6) is -0.360. The van der Waals surface area contributed by atoms with Crippen LogP contribution in [-0.4, -0.2) is 41.7 Å². The number of hydrogen-bond donors (Lipinski definition) is 1. The standard InChI is InChI=1S/C18H15N3O5/c1-24-18(23)13-8-10(4-6-19-13)17-21-12-9-11(2-3-14(12)26-17)20-16(22)15-5-7-25-15/h2-4,6,8-9,15H,5,7H2,1H3,(H,20,22). The van der Waals surface area contributed by atoms with Gasteiger partial charge in [-0.2, -0.15) is 0 Å². The third-order valence-corrected chi connectivity index (χ3v) is 4.05. The van der Waals surface area contributed by atoms with E-state index < -0.39 is 5.97 Å². The summed E-state index contributed by atoms with van der Waals surface area (Å²) in [4.78, 5) is 32.0. The average molecular weight is 353 g/mol. The van der Waals surface area contributed by atoms with Crippen LogP contribution in [0.15, 0.2) is 40.9 Å². The molecule has 0 spiro atoms. The Hall–Kier alpha value is -3.26. The number of pyridine rings is 1. The Morgan fingerprint density at radius 2 is 2.12 bits per heavy atom. The molecular weight excluding hydrogens is 338 g/mol. The zero-order valence-electron chi connectivity index (χ0n) is 13.9. The molecule has 1 aliphatic heterocycles. The number of nitrogens with zero attached hydrogens (tertiary/aromatic N) is 2. The topological polar surface area (TPSA) is 104 Å². The minimum absolute atomic E-state index is 0.167. The number of rotatable bonds is 4. The summed E-state index contributed by atoms with van der Waals surface area (Å²) in [6.07, 6.45) is 1.83. The molecule has 0 saturated carbocycles. The Kier molecular flexibility index (Phi) is 4.10. The van der Waals surface area contributed by atoms with Gasteiger partial charge in [0.15, 0.2) is 5.58 Å². The van der Waals surface area contributed by atoms with Crippen molar-refractivity contribution in [1.82, 2.24) is 9.97 Å². The number of anilines is 1. The summed E-state index contributed by atoms with van der Waals surface area (Å²) in [5.41, 5.74) is 2.53. The Bertz CT molecular complexity index is 993. The van der Waals surface area contributed by atoms with Gasteiger partial charge in [0.05, 0.1) is 13.7 Å². The first-order chi connectivity index (χ1) is 12.6. The Morgan fingerprint density at radius 3 is 2.85 bits per heavy atom. The lowest BCUT2D eigenvalue weighted by atomic mass is 10.1. The van der Waals surface area contributed by atoms with Gasteiger partial charge in [0.25, 0.3) is 5.91 Å². The quantitative estimate of drug-likeness (QED) is 0.718. The van der Waals surface area contributed by atoms with Crippen molar-refractivity contribution in [1.29, 1.82) is 0 Å².